The topological polar surface area (TPSA) is 22.1 Å². The molecule has 0 amide bonds. The van der Waals surface area contributed by atoms with E-state index in [-0.39, 0.29) is 0 Å². The maximum Gasteiger partial charge on any atom is 0.574 e. The Balaban J connectivity index is 2.83. The van der Waals surface area contributed by atoms with E-state index in [1.54, 1.807) is 0 Å². The summed E-state index contributed by atoms with van der Waals surface area (Å²) in [5, 5.41) is 0. The summed E-state index contributed by atoms with van der Waals surface area (Å²) < 4.78 is 50.2. The molecule has 1 aromatic rings. The molecule has 0 saturated carbocycles. The molecule has 0 bridgehead atoms. The van der Waals surface area contributed by atoms with E-state index >= 15 is 0 Å². The van der Waals surface area contributed by atoms with Crippen molar-refractivity contribution in [2.45, 2.75) is 6.36 Å². The Morgan fingerprint density at radius 3 is 2.50 bits per heavy atom. The van der Waals surface area contributed by atoms with E-state index in [0.29, 0.717) is 0 Å². The Morgan fingerprint density at radius 1 is 1.33 bits per heavy atom. The van der Waals surface area contributed by atoms with Gasteiger partial charge in [0.15, 0.2) is 5.82 Å². The maximum atomic E-state index is 12.4. The summed E-state index contributed by atoms with van der Waals surface area (Å²) in [4.78, 5) is 3.05. The van der Waals surface area contributed by atoms with Gasteiger partial charge in [-0.2, -0.15) is 0 Å². The third kappa shape index (κ3) is 2.37. The molecular formula is C6H3F4NO. The molecule has 6 heteroatoms. The van der Waals surface area contributed by atoms with E-state index in [0.717, 1.165) is 12.3 Å². The van der Waals surface area contributed by atoms with Crippen LogP contribution in [0.1, 0.15) is 0 Å². The van der Waals surface area contributed by atoms with Gasteiger partial charge in [-0.05, 0) is 12.1 Å². The first-order valence-electron chi connectivity index (χ1n) is 2.85. The van der Waals surface area contributed by atoms with Crippen LogP contribution in [0.2, 0.25) is 0 Å². The minimum atomic E-state index is -4.91. The van der Waals surface area contributed by atoms with E-state index in [2.05, 4.69) is 9.72 Å². The van der Waals surface area contributed by atoms with E-state index in [4.69, 9.17) is 0 Å². The van der Waals surface area contributed by atoms with E-state index in [9.17, 15) is 17.6 Å². The second-order valence-electron chi connectivity index (χ2n) is 1.84. The molecule has 66 valence electrons. The number of aromatic nitrogens is 1. The van der Waals surface area contributed by atoms with Crippen LogP contribution in [0, 0.1) is 5.82 Å². The number of halogens is 4. The zero-order valence-corrected chi connectivity index (χ0v) is 5.60. The zero-order valence-electron chi connectivity index (χ0n) is 5.60. The van der Waals surface area contributed by atoms with E-state index < -0.39 is 18.1 Å². The Morgan fingerprint density at radius 2 is 2.00 bits per heavy atom. The molecule has 12 heavy (non-hydrogen) atoms. The molecule has 0 aliphatic carbocycles. The lowest BCUT2D eigenvalue weighted by molar-refractivity contribution is -0.277. The van der Waals surface area contributed by atoms with Crippen molar-refractivity contribution in [2.24, 2.45) is 0 Å². The summed E-state index contributed by atoms with van der Waals surface area (Å²) in [5.41, 5.74) is 0. The van der Waals surface area contributed by atoms with Gasteiger partial charge in [0.1, 0.15) is 0 Å². The van der Waals surface area contributed by atoms with Crippen molar-refractivity contribution in [3.63, 3.8) is 0 Å². The number of pyridine rings is 1. The smallest absolute Gasteiger partial charge is 0.385 e. The van der Waals surface area contributed by atoms with Crippen LogP contribution in [0.3, 0.4) is 0 Å². The third-order valence-corrected chi connectivity index (χ3v) is 0.937. The zero-order chi connectivity index (χ0) is 9.19. The molecule has 0 aromatic carbocycles. The van der Waals surface area contributed by atoms with Gasteiger partial charge >= 0.3 is 6.36 Å². The van der Waals surface area contributed by atoms with Gasteiger partial charge in [-0.3, -0.25) is 0 Å². The number of alkyl halides is 3. The van der Waals surface area contributed by atoms with Gasteiger partial charge in [-0.1, -0.05) is 0 Å². The second kappa shape index (κ2) is 2.96. The summed E-state index contributed by atoms with van der Waals surface area (Å²) in [6.45, 7) is 0. The van der Waals surface area contributed by atoms with Gasteiger partial charge in [-0.15, -0.1) is 13.2 Å². The lowest BCUT2D eigenvalue weighted by atomic mass is 10.5. The highest BCUT2D eigenvalue weighted by atomic mass is 19.4. The van der Waals surface area contributed by atoms with Crippen LogP contribution < -0.4 is 4.74 Å². The highest BCUT2D eigenvalue weighted by Gasteiger charge is 2.32. The van der Waals surface area contributed by atoms with E-state index in [1.807, 2.05) is 0 Å². The maximum absolute atomic E-state index is 12.4. The van der Waals surface area contributed by atoms with Crippen molar-refractivity contribution < 1.29 is 22.3 Å². The molecule has 0 radical (unpaired) electrons. The first-order chi connectivity index (χ1) is 5.49. The van der Waals surface area contributed by atoms with Gasteiger partial charge in [0, 0.05) is 6.20 Å². The summed E-state index contributed by atoms with van der Waals surface area (Å²) in [5.74, 6) is -2.21. The predicted molar refractivity (Wildman–Crippen MR) is 30.9 cm³/mol. The van der Waals surface area contributed by atoms with Crippen molar-refractivity contribution >= 4 is 0 Å². The van der Waals surface area contributed by atoms with Crippen LogP contribution in [-0.4, -0.2) is 11.3 Å². The average molecular weight is 181 g/mol. The van der Waals surface area contributed by atoms with Gasteiger partial charge in [-0.25, -0.2) is 9.37 Å². The van der Waals surface area contributed by atoms with Gasteiger partial charge in [0.05, 0.1) is 0 Å². The number of rotatable bonds is 1. The fraction of sp³-hybridized carbons (Fsp3) is 0.167. The number of ether oxygens (including phenoxy) is 1. The molecule has 0 aliphatic heterocycles. The number of nitrogens with zero attached hydrogens (tertiary/aromatic N) is 1. The van der Waals surface area contributed by atoms with Crippen molar-refractivity contribution in [3.05, 3.63) is 24.1 Å². The normalized spacial score (nSPS) is 11.3. The fourth-order valence-corrected chi connectivity index (χ4v) is 0.556. The Hall–Kier alpha value is -1.33. The lowest BCUT2D eigenvalue weighted by Crippen LogP contribution is -2.18. The molecule has 1 rings (SSSR count). The number of hydrogen-bond donors (Lipinski definition) is 0. The first-order valence-corrected chi connectivity index (χ1v) is 2.85. The Bertz CT molecular complexity index is 272. The Kier molecular flexibility index (Phi) is 2.16. The molecule has 1 heterocycles. The summed E-state index contributed by atoms with van der Waals surface area (Å²) >= 11 is 0. The van der Waals surface area contributed by atoms with Crippen LogP contribution in [0.5, 0.6) is 5.88 Å². The van der Waals surface area contributed by atoms with Crippen LogP contribution in [-0.2, 0) is 0 Å². The van der Waals surface area contributed by atoms with Crippen molar-refractivity contribution in [1.29, 1.82) is 0 Å². The molecule has 0 atom stereocenters. The molecule has 0 unspecified atom stereocenters. The Labute approximate surface area is 64.8 Å². The van der Waals surface area contributed by atoms with Crippen LogP contribution in [0.4, 0.5) is 17.6 Å². The van der Waals surface area contributed by atoms with Crippen LogP contribution in [0.25, 0.3) is 0 Å². The van der Waals surface area contributed by atoms with Gasteiger partial charge in [0.25, 0.3) is 5.88 Å². The fourth-order valence-electron chi connectivity index (χ4n) is 0.556. The average Bonchev–Trinajstić information content (AvgIpc) is 1.91. The van der Waals surface area contributed by atoms with Crippen LogP contribution >= 0.6 is 0 Å². The minimum Gasteiger partial charge on any atom is -0.385 e. The monoisotopic (exact) mass is 181 g/mol. The second-order valence-corrected chi connectivity index (χ2v) is 1.84. The summed E-state index contributed by atoms with van der Waals surface area (Å²) in [6.07, 6.45) is -3.90. The highest BCUT2D eigenvalue weighted by Crippen LogP contribution is 2.22. The minimum absolute atomic E-state index is 0.827. The van der Waals surface area contributed by atoms with Gasteiger partial charge < -0.3 is 4.74 Å². The molecular weight excluding hydrogens is 178 g/mol. The van der Waals surface area contributed by atoms with Gasteiger partial charge in [0.2, 0.25) is 0 Å². The third-order valence-electron chi connectivity index (χ3n) is 0.937. The first kappa shape index (κ1) is 8.76. The molecule has 2 nitrogen and oxygen atoms in total. The number of hydrogen-bond acceptors (Lipinski definition) is 2. The molecule has 0 spiro atoms. The molecule has 0 aliphatic rings. The lowest BCUT2D eigenvalue weighted by Gasteiger charge is -2.07. The van der Waals surface area contributed by atoms with Crippen molar-refractivity contribution in [2.75, 3.05) is 0 Å². The van der Waals surface area contributed by atoms with Crippen molar-refractivity contribution in [3.8, 4) is 5.88 Å². The SMILES string of the molecule is Fc1cccnc1OC(F)(F)F. The van der Waals surface area contributed by atoms with E-state index in [1.165, 1.54) is 6.07 Å². The summed E-state index contributed by atoms with van der Waals surface area (Å²) in [7, 11) is 0. The molecule has 0 fully saturated rings. The van der Waals surface area contributed by atoms with Crippen molar-refractivity contribution in [1.82, 2.24) is 4.98 Å². The predicted octanol–water partition coefficient (Wildman–Crippen LogP) is 2.12. The highest BCUT2D eigenvalue weighted by molar-refractivity contribution is 5.12. The molecule has 1 aromatic heterocycles. The molecule has 0 saturated heterocycles. The quantitative estimate of drug-likeness (QED) is 0.619. The summed E-state index contributed by atoms with van der Waals surface area (Å²) in [6, 6.07) is 1.99. The molecule has 0 N–H and O–H groups in total. The van der Waals surface area contributed by atoms with Crippen LogP contribution in [0.15, 0.2) is 18.3 Å². The largest absolute Gasteiger partial charge is 0.574 e. The standard InChI is InChI=1S/C6H3F4NO/c7-4-2-1-3-11-5(4)12-6(8,9)10/h1-3H.